The van der Waals surface area contributed by atoms with E-state index in [0.29, 0.717) is 13.2 Å². The fourth-order valence-electron chi connectivity index (χ4n) is 2.03. The Morgan fingerprint density at radius 3 is 2.69 bits per heavy atom. The van der Waals surface area contributed by atoms with E-state index in [1.165, 1.54) is 0 Å². The van der Waals surface area contributed by atoms with Crippen molar-refractivity contribution >= 4 is 11.4 Å². The molecule has 1 aliphatic heterocycles. The van der Waals surface area contributed by atoms with E-state index < -0.39 is 6.10 Å². The molecule has 0 bridgehead atoms. The second kappa shape index (κ2) is 4.72. The molecular weight excluding hydrogens is 204 g/mol. The Hall–Kier alpha value is -1.26. The molecule has 4 nitrogen and oxygen atoms in total. The Balaban J connectivity index is 2.04. The van der Waals surface area contributed by atoms with Crippen LogP contribution < -0.4 is 10.6 Å². The van der Waals surface area contributed by atoms with Gasteiger partial charge in [0.25, 0.3) is 0 Å². The number of nitrogens with two attached hydrogens (primary N) is 1. The van der Waals surface area contributed by atoms with Gasteiger partial charge in [-0.25, -0.2) is 0 Å². The van der Waals surface area contributed by atoms with Gasteiger partial charge < -0.3 is 20.5 Å². The van der Waals surface area contributed by atoms with Crippen LogP contribution in [-0.2, 0) is 4.74 Å². The monoisotopic (exact) mass is 222 g/mol. The van der Waals surface area contributed by atoms with E-state index in [1.807, 2.05) is 31.2 Å². The second-order valence-corrected chi connectivity index (χ2v) is 4.06. The highest BCUT2D eigenvalue weighted by Crippen LogP contribution is 2.23. The first-order valence-corrected chi connectivity index (χ1v) is 5.61. The van der Waals surface area contributed by atoms with E-state index in [0.717, 1.165) is 17.9 Å². The van der Waals surface area contributed by atoms with Gasteiger partial charge in [-0.2, -0.15) is 0 Å². The fourth-order valence-corrected chi connectivity index (χ4v) is 2.03. The van der Waals surface area contributed by atoms with Crippen molar-refractivity contribution in [3.8, 4) is 0 Å². The zero-order valence-corrected chi connectivity index (χ0v) is 9.47. The van der Waals surface area contributed by atoms with Crippen LogP contribution in [0, 0.1) is 0 Å². The number of nitrogens with zero attached hydrogens (tertiary/aromatic N) is 1. The second-order valence-electron chi connectivity index (χ2n) is 4.06. The number of nitrogen functional groups attached to an aromatic ring is 1. The van der Waals surface area contributed by atoms with Gasteiger partial charge in [0, 0.05) is 31.1 Å². The van der Waals surface area contributed by atoms with Gasteiger partial charge in [-0.15, -0.1) is 0 Å². The van der Waals surface area contributed by atoms with Crippen LogP contribution in [0.25, 0.3) is 0 Å². The molecule has 0 saturated carbocycles. The van der Waals surface area contributed by atoms with E-state index in [4.69, 9.17) is 10.5 Å². The van der Waals surface area contributed by atoms with Crippen molar-refractivity contribution in [3.63, 3.8) is 0 Å². The zero-order chi connectivity index (χ0) is 11.5. The van der Waals surface area contributed by atoms with Crippen molar-refractivity contribution in [1.82, 2.24) is 0 Å². The molecule has 1 fully saturated rings. The Bertz CT molecular complexity index is 339. The number of rotatable bonds is 3. The van der Waals surface area contributed by atoms with Gasteiger partial charge in [0.05, 0.1) is 6.10 Å². The molecule has 0 amide bonds. The molecule has 1 aromatic rings. The number of aliphatic hydroxyl groups excluding tert-OH is 1. The predicted molar refractivity (Wildman–Crippen MR) is 64.5 cm³/mol. The van der Waals surface area contributed by atoms with Crippen molar-refractivity contribution in [2.45, 2.75) is 19.1 Å². The number of β-amino-alcohol motifs (C(OH)–C–C–N with tert-alkyl or cyclic N) is 1. The van der Waals surface area contributed by atoms with Crippen molar-refractivity contribution in [3.05, 3.63) is 24.3 Å². The first kappa shape index (κ1) is 11.2. The van der Waals surface area contributed by atoms with Crippen LogP contribution in [-0.4, -0.2) is 37.0 Å². The van der Waals surface area contributed by atoms with Crippen LogP contribution in [0.15, 0.2) is 24.3 Å². The van der Waals surface area contributed by atoms with Gasteiger partial charge in [0.2, 0.25) is 0 Å². The highest BCUT2D eigenvalue weighted by Gasteiger charge is 2.31. The molecule has 0 radical (unpaired) electrons. The van der Waals surface area contributed by atoms with Crippen LogP contribution in [0.1, 0.15) is 6.92 Å². The topological polar surface area (TPSA) is 58.7 Å². The van der Waals surface area contributed by atoms with Gasteiger partial charge in [0.15, 0.2) is 0 Å². The molecule has 16 heavy (non-hydrogen) atoms. The van der Waals surface area contributed by atoms with Gasteiger partial charge in [-0.3, -0.25) is 0 Å². The molecule has 2 rings (SSSR count). The summed E-state index contributed by atoms with van der Waals surface area (Å²) in [5.74, 6) is 0. The molecular formula is C12H18N2O2. The Labute approximate surface area is 95.6 Å². The number of aliphatic hydroxyl groups is 1. The summed E-state index contributed by atoms with van der Waals surface area (Å²) >= 11 is 0. The summed E-state index contributed by atoms with van der Waals surface area (Å²) in [5.41, 5.74) is 7.47. The Kier molecular flexibility index (Phi) is 3.31. The van der Waals surface area contributed by atoms with Gasteiger partial charge >= 0.3 is 0 Å². The van der Waals surface area contributed by atoms with Gasteiger partial charge in [-0.05, 0) is 31.2 Å². The lowest BCUT2D eigenvalue weighted by Gasteiger charge is -2.18. The lowest BCUT2D eigenvalue weighted by Crippen LogP contribution is -2.26. The average Bonchev–Trinajstić information content (AvgIpc) is 2.62. The smallest absolute Gasteiger partial charge is 0.102 e. The minimum Gasteiger partial charge on any atom is -0.399 e. The number of hydrogen-bond acceptors (Lipinski definition) is 4. The van der Waals surface area contributed by atoms with Crippen LogP contribution in [0.3, 0.4) is 0 Å². The molecule has 88 valence electrons. The van der Waals surface area contributed by atoms with Crippen molar-refractivity contribution in [2.75, 3.05) is 30.3 Å². The summed E-state index contributed by atoms with van der Waals surface area (Å²) in [5, 5.41) is 9.82. The van der Waals surface area contributed by atoms with Crippen molar-refractivity contribution in [1.29, 1.82) is 0 Å². The molecule has 1 aliphatic rings. The Morgan fingerprint density at radius 1 is 1.38 bits per heavy atom. The van der Waals surface area contributed by atoms with Crippen LogP contribution in [0.2, 0.25) is 0 Å². The molecule has 0 aliphatic carbocycles. The zero-order valence-electron chi connectivity index (χ0n) is 9.47. The predicted octanol–water partition coefficient (Wildman–Crippen LogP) is 0.855. The van der Waals surface area contributed by atoms with Gasteiger partial charge in [-0.1, -0.05) is 0 Å². The molecule has 2 atom stereocenters. The molecule has 1 aromatic carbocycles. The van der Waals surface area contributed by atoms with Crippen LogP contribution in [0.4, 0.5) is 11.4 Å². The lowest BCUT2D eigenvalue weighted by atomic mass is 10.2. The Morgan fingerprint density at radius 2 is 2.06 bits per heavy atom. The lowest BCUT2D eigenvalue weighted by molar-refractivity contribution is -0.00189. The molecule has 0 spiro atoms. The molecule has 1 saturated heterocycles. The number of hydrogen-bond donors (Lipinski definition) is 2. The maximum absolute atomic E-state index is 9.82. The summed E-state index contributed by atoms with van der Waals surface area (Å²) in [6.45, 7) is 3.93. The minimum absolute atomic E-state index is 0.0810. The highest BCUT2D eigenvalue weighted by atomic mass is 16.5. The molecule has 0 aromatic heterocycles. The quantitative estimate of drug-likeness (QED) is 0.745. The first-order valence-electron chi connectivity index (χ1n) is 5.61. The third-order valence-electron chi connectivity index (χ3n) is 2.88. The first-order chi connectivity index (χ1) is 7.70. The minimum atomic E-state index is -0.405. The number of benzene rings is 1. The van der Waals surface area contributed by atoms with E-state index in [2.05, 4.69) is 4.90 Å². The van der Waals surface area contributed by atoms with Crippen molar-refractivity contribution < 1.29 is 9.84 Å². The third kappa shape index (κ3) is 2.28. The summed E-state index contributed by atoms with van der Waals surface area (Å²) < 4.78 is 5.47. The summed E-state index contributed by atoms with van der Waals surface area (Å²) in [4.78, 5) is 2.12. The number of anilines is 2. The maximum atomic E-state index is 9.82. The molecule has 4 heteroatoms. The highest BCUT2D eigenvalue weighted by molar-refractivity contribution is 5.54. The SMILES string of the molecule is CCO[C@H]1CN(c2ccc(N)cc2)C[C@@H]1O. The maximum Gasteiger partial charge on any atom is 0.102 e. The summed E-state index contributed by atoms with van der Waals surface area (Å²) in [6.07, 6.45) is -0.486. The molecule has 1 heterocycles. The van der Waals surface area contributed by atoms with Crippen LogP contribution >= 0.6 is 0 Å². The standard InChI is InChI=1S/C12H18N2O2/c1-2-16-12-8-14(7-11(12)15)10-5-3-9(13)4-6-10/h3-6,11-12,15H,2,7-8,13H2,1H3/t11-,12-/m0/s1. The number of ether oxygens (including phenoxy) is 1. The fraction of sp³-hybridized carbons (Fsp3) is 0.500. The van der Waals surface area contributed by atoms with Crippen molar-refractivity contribution in [2.24, 2.45) is 0 Å². The van der Waals surface area contributed by atoms with E-state index >= 15 is 0 Å². The average molecular weight is 222 g/mol. The van der Waals surface area contributed by atoms with Gasteiger partial charge in [0.1, 0.15) is 6.10 Å². The molecule has 0 unspecified atom stereocenters. The van der Waals surface area contributed by atoms with Crippen LogP contribution in [0.5, 0.6) is 0 Å². The van der Waals surface area contributed by atoms with E-state index in [1.54, 1.807) is 0 Å². The summed E-state index contributed by atoms with van der Waals surface area (Å²) in [6, 6.07) is 7.68. The largest absolute Gasteiger partial charge is 0.399 e. The third-order valence-corrected chi connectivity index (χ3v) is 2.88. The normalized spacial score (nSPS) is 25.0. The summed E-state index contributed by atoms with van der Waals surface area (Å²) in [7, 11) is 0. The van der Waals surface area contributed by atoms with E-state index in [9.17, 15) is 5.11 Å². The molecule has 3 N–H and O–H groups in total. The van der Waals surface area contributed by atoms with E-state index in [-0.39, 0.29) is 6.10 Å².